The third-order valence-electron chi connectivity index (χ3n) is 0.612. The number of rotatable bonds is 3. The molecule has 0 atom stereocenters. The molecule has 0 fully saturated rings. The van der Waals surface area contributed by atoms with Crippen LogP contribution < -0.4 is 88.7 Å². The molecule has 0 unspecified atom stereocenters. The molecule has 0 aromatic carbocycles. The summed E-state index contributed by atoms with van der Waals surface area (Å²) in [4.78, 5) is 0. The van der Waals surface area contributed by atoms with E-state index in [1.165, 1.54) is 0 Å². The van der Waals surface area contributed by atoms with Crippen molar-refractivity contribution in [2.75, 3.05) is 21.3 Å². The first-order chi connectivity index (χ1) is 7.68. The number of hydrogen-bond acceptors (Lipinski definition) is 12. The Balaban J connectivity index is -0.0000000375. The van der Waals surface area contributed by atoms with Crippen molar-refractivity contribution in [1.82, 2.24) is 0 Å². The van der Waals surface area contributed by atoms with Crippen LogP contribution in [0.1, 0.15) is 0 Å². The van der Waals surface area contributed by atoms with E-state index in [0.29, 0.717) is 0 Å². The van der Waals surface area contributed by atoms with Gasteiger partial charge in [0, 0.05) is 0 Å². The van der Waals surface area contributed by atoms with Gasteiger partial charge in [-0.25, -0.2) is 25.3 Å². The van der Waals surface area contributed by atoms with Crippen molar-refractivity contribution in [3.8, 4) is 0 Å². The molecule has 0 heterocycles. The maximum absolute atomic E-state index is 9.22. The minimum atomic E-state index is -4.41. The van der Waals surface area contributed by atoms with Gasteiger partial charge in [-0.1, -0.05) is 0 Å². The van der Waals surface area contributed by atoms with Gasteiger partial charge in [-0.05, 0) is 0 Å². The topological polar surface area (TPSA) is 199 Å². The van der Waals surface area contributed by atoms with Crippen molar-refractivity contribution in [1.29, 1.82) is 0 Å². The summed E-state index contributed by atoms with van der Waals surface area (Å²) in [6, 6.07) is 0. The van der Waals surface area contributed by atoms with E-state index in [2.05, 4.69) is 12.5 Å². The average molecular weight is 402 g/mol. The van der Waals surface area contributed by atoms with Gasteiger partial charge < -0.3 is 13.7 Å². The molecule has 0 aliphatic rings. The van der Waals surface area contributed by atoms with E-state index in [0.717, 1.165) is 21.3 Å². The summed E-state index contributed by atoms with van der Waals surface area (Å²) >= 11 is 0. The molecular formula is C3H9Na3O12S3. The van der Waals surface area contributed by atoms with E-state index in [1.54, 1.807) is 0 Å². The molecule has 0 amide bonds. The van der Waals surface area contributed by atoms with Crippen molar-refractivity contribution in [2.45, 2.75) is 0 Å². The monoisotopic (exact) mass is 402 g/mol. The van der Waals surface area contributed by atoms with Gasteiger partial charge in [-0.2, -0.15) is 0 Å². The fraction of sp³-hybridized carbons (Fsp3) is 1.00. The summed E-state index contributed by atoms with van der Waals surface area (Å²) in [5, 5.41) is 0. The minimum Gasteiger partial charge on any atom is -0.726 e. The van der Waals surface area contributed by atoms with Crippen LogP contribution in [0.2, 0.25) is 0 Å². The second kappa shape index (κ2) is 18.9. The zero-order chi connectivity index (χ0) is 15.6. The van der Waals surface area contributed by atoms with E-state index in [4.69, 9.17) is 0 Å². The summed E-state index contributed by atoms with van der Waals surface area (Å²) in [6.07, 6.45) is 0. The van der Waals surface area contributed by atoms with E-state index in [-0.39, 0.29) is 88.7 Å². The molecule has 0 saturated heterocycles. The summed E-state index contributed by atoms with van der Waals surface area (Å²) in [7, 11) is -10.8. The molecule has 0 N–H and O–H groups in total. The Morgan fingerprint density at radius 3 is 0.571 bits per heavy atom. The second-order valence-electron chi connectivity index (χ2n) is 1.72. The first kappa shape index (κ1) is 38.9. The third-order valence-corrected chi connectivity index (χ3v) is 1.84. The molecule has 0 spiro atoms. The Bertz CT molecular complexity index is 417. The predicted octanol–water partition coefficient (Wildman–Crippen LogP) is -11.7. The Kier molecular flexibility index (Phi) is 35.1. The maximum Gasteiger partial charge on any atom is 1.00 e. The van der Waals surface area contributed by atoms with Crippen LogP contribution in [0, 0.1) is 0 Å². The Morgan fingerprint density at radius 2 is 0.571 bits per heavy atom. The van der Waals surface area contributed by atoms with Crippen LogP contribution in [0.5, 0.6) is 0 Å². The molecule has 0 radical (unpaired) electrons. The van der Waals surface area contributed by atoms with Crippen LogP contribution >= 0.6 is 0 Å². The second-order valence-corrected chi connectivity index (χ2v) is 5.17. The Morgan fingerprint density at radius 1 is 0.524 bits per heavy atom. The molecule has 21 heavy (non-hydrogen) atoms. The van der Waals surface area contributed by atoms with Crippen molar-refractivity contribution in [3.05, 3.63) is 0 Å². The van der Waals surface area contributed by atoms with Crippen molar-refractivity contribution >= 4 is 31.2 Å². The SMILES string of the molecule is COS(=O)(=O)[O-].COS(=O)(=O)[O-].COS(=O)(=O)[O-].[Na+].[Na+].[Na+]. The largest absolute Gasteiger partial charge is 1.00 e. The quantitative estimate of drug-likeness (QED) is 0.245. The van der Waals surface area contributed by atoms with Crippen LogP contribution in [0.3, 0.4) is 0 Å². The first-order valence-corrected chi connectivity index (χ1v) is 7.22. The Labute approximate surface area is 190 Å². The van der Waals surface area contributed by atoms with E-state index in [1.807, 2.05) is 0 Å². The normalized spacial score (nSPS) is 10.0. The predicted molar refractivity (Wildman–Crippen MR) is 50.1 cm³/mol. The smallest absolute Gasteiger partial charge is 0.726 e. The van der Waals surface area contributed by atoms with Gasteiger partial charge in [0.2, 0.25) is 31.2 Å². The molecule has 0 rings (SSSR count). The van der Waals surface area contributed by atoms with Gasteiger partial charge in [-0.3, -0.25) is 12.5 Å². The standard InChI is InChI=1S/3CH4O4S.3Na/c3*1-5-6(2,3)4;;;/h3*1H3,(H,2,3,4);;;/q;;;3*+1/p-3. The van der Waals surface area contributed by atoms with E-state index >= 15 is 0 Å². The molecule has 0 aromatic heterocycles. The van der Waals surface area contributed by atoms with Crippen LogP contribution in [0.15, 0.2) is 0 Å². The fourth-order valence-corrected chi connectivity index (χ4v) is 0. The summed E-state index contributed by atoms with van der Waals surface area (Å²) < 4.78 is 93.1. The third kappa shape index (κ3) is 71.3. The van der Waals surface area contributed by atoms with Gasteiger partial charge in [0.05, 0.1) is 21.3 Å². The summed E-state index contributed by atoms with van der Waals surface area (Å²) in [5.74, 6) is 0. The molecular weight excluding hydrogens is 393 g/mol. The van der Waals surface area contributed by atoms with Gasteiger partial charge in [0.1, 0.15) is 0 Å². The van der Waals surface area contributed by atoms with Gasteiger partial charge in [0.25, 0.3) is 0 Å². The van der Waals surface area contributed by atoms with Crippen LogP contribution in [0.25, 0.3) is 0 Å². The average Bonchev–Trinajstić information content (AvgIpc) is 2.16. The zero-order valence-electron chi connectivity index (χ0n) is 12.1. The van der Waals surface area contributed by atoms with Gasteiger partial charge >= 0.3 is 88.7 Å². The minimum absolute atomic E-state index is 0. The summed E-state index contributed by atoms with van der Waals surface area (Å²) in [5.41, 5.74) is 0. The van der Waals surface area contributed by atoms with Crippen molar-refractivity contribution < 1.29 is 140 Å². The molecule has 0 aromatic rings. The molecule has 0 bridgehead atoms. The maximum atomic E-state index is 9.22. The fourth-order valence-electron chi connectivity index (χ4n) is 0. The number of hydrogen-bond donors (Lipinski definition) is 0. The molecule has 114 valence electrons. The van der Waals surface area contributed by atoms with Gasteiger partial charge in [0.15, 0.2) is 0 Å². The Hall–Kier alpha value is 2.61. The molecule has 0 saturated carbocycles. The van der Waals surface area contributed by atoms with E-state index < -0.39 is 31.2 Å². The molecule has 12 nitrogen and oxygen atoms in total. The van der Waals surface area contributed by atoms with Crippen molar-refractivity contribution in [2.24, 2.45) is 0 Å². The van der Waals surface area contributed by atoms with Gasteiger partial charge in [-0.15, -0.1) is 0 Å². The first-order valence-electron chi connectivity index (χ1n) is 3.22. The van der Waals surface area contributed by atoms with Crippen LogP contribution in [0.4, 0.5) is 0 Å². The molecule has 0 aliphatic carbocycles. The molecule has 18 heteroatoms. The van der Waals surface area contributed by atoms with Crippen LogP contribution in [-0.4, -0.2) is 60.2 Å². The summed E-state index contributed by atoms with van der Waals surface area (Å²) in [6.45, 7) is 0. The van der Waals surface area contributed by atoms with Crippen LogP contribution in [-0.2, 0) is 43.7 Å². The van der Waals surface area contributed by atoms with Crippen molar-refractivity contribution in [3.63, 3.8) is 0 Å². The zero-order valence-corrected chi connectivity index (χ0v) is 20.6. The van der Waals surface area contributed by atoms with E-state index in [9.17, 15) is 38.9 Å². The molecule has 0 aliphatic heterocycles.